The van der Waals surface area contributed by atoms with Crippen LogP contribution in [0.1, 0.15) is 30.6 Å². The minimum atomic E-state index is -0.246. The Kier molecular flexibility index (Phi) is 4.84. The van der Waals surface area contributed by atoms with Crippen molar-refractivity contribution in [3.8, 4) is 0 Å². The Labute approximate surface area is 123 Å². The van der Waals surface area contributed by atoms with Gasteiger partial charge in [-0.15, -0.1) is 11.8 Å². The van der Waals surface area contributed by atoms with Crippen LogP contribution in [0.4, 0.5) is 0 Å². The largest absolute Gasteiger partial charge is 0.479 e. The highest BCUT2D eigenvalue weighted by Gasteiger charge is 2.27. The van der Waals surface area contributed by atoms with Gasteiger partial charge in [0.2, 0.25) is 0 Å². The summed E-state index contributed by atoms with van der Waals surface area (Å²) in [6, 6.07) is 9.02. The van der Waals surface area contributed by atoms with Crippen LogP contribution in [0.25, 0.3) is 0 Å². The van der Waals surface area contributed by atoms with Crippen molar-refractivity contribution in [2.75, 3.05) is 6.61 Å². The van der Waals surface area contributed by atoms with Gasteiger partial charge < -0.3 is 10.5 Å². The molecule has 1 heterocycles. The first kappa shape index (κ1) is 14.7. The SMILES string of the molecule is CCO/C(N)=C1\CC(C)SC1=NC(=O)c1ccccc1. The quantitative estimate of drug-likeness (QED) is 0.869. The third-order valence-electron chi connectivity index (χ3n) is 2.88. The Hall–Kier alpha value is -1.75. The van der Waals surface area contributed by atoms with Crippen molar-refractivity contribution in [3.63, 3.8) is 0 Å². The zero-order valence-corrected chi connectivity index (χ0v) is 12.4. The summed E-state index contributed by atoms with van der Waals surface area (Å²) in [5.74, 6) is 0.132. The normalized spacial score (nSPS) is 22.9. The smallest absolute Gasteiger partial charge is 0.278 e. The number of carbonyl (C=O) groups is 1. The molecule has 1 fully saturated rings. The second-order valence-corrected chi connectivity index (χ2v) is 5.92. The van der Waals surface area contributed by atoms with Crippen molar-refractivity contribution >= 4 is 22.7 Å². The summed E-state index contributed by atoms with van der Waals surface area (Å²) >= 11 is 1.56. The molecule has 4 nitrogen and oxygen atoms in total. The lowest BCUT2D eigenvalue weighted by molar-refractivity contribution is 0.100. The molecule has 5 heteroatoms. The van der Waals surface area contributed by atoms with E-state index in [1.54, 1.807) is 23.9 Å². The third-order valence-corrected chi connectivity index (χ3v) is 4.01. The van der Waals surface area contributed by atoms with Gasteiger partial charge in [-0.1, -0.05) is 25.1 Å². The summed E-state index contributed by atoms with van der Waals surface area (Å²) in [7, 11) is 0. The van der Waals surface area contributed by atoms with Gasteiger partial charge in [-0.05, 0) is 25.5 Å². The number of nitrogens with zero attached hydrogens (tertiary/aromatic N) is 1. The van der Waals surface area contributed by atoms with Crippen LogP contribution in [0, 0.1) is 0 Å². The number of aliphatic imine (C=N–C) groups is 1. The van der Waals surface area contributed by atoms with E-state index in [4.69, 9.17) is 10.5 Å². The summed E-state index contributed by atoms with van der Waals surface area (Å²) in [6.45, 7) is 4.47. The molecule has 0 spiro atoms. The van der Waals surface area contributed by atoms with Crippen LogP contribution in [-0.2, 0) is 4.74 Å². The molecule has 0 bridgehead atoms. The lowest BCUT2D eigenvalue weighted by Gasteiger charge is -2.06. The third kappa shape index (κ3) is 3.42. The molecule has 0 saturated carbocycles. The van der Waals surface area contributed by atoms with Gasteiger partial charge in [0.1, 0.15) is 5.04 Å². The maximum Gasteiger partial charge on any atom is 0.278 e. The van der Waals surface area contributed by atoms with Crippen LogP contribution in [0.5, 0.6) is 0 Å². The van der Waals surface area contributed by atoms with Crippen molar-refractivity contribution in [2.24, 2.45) is 10.7 Å². The Morgan fingerprint density at radius 2 is 2.15 bits per heavy atom. The highest BCUT2D eigenvalue weighted by molar-refractivity contribution is 8.15. The van der Waals surface area contributed by atoms with Crippen molar-refractivity contribution in [1.29, 1.82) is 0 Å². The monoisotopic (exact) mass is 290 g/mol. The number of carbonyl (C=O) groups excluding carboxylic acids is 1. The molecule has 1 aliphatic heterocycles. The molecule has 1 aliphatic rings. The molecule has 0 radical (unpaired) electrons. The molecule has 2 N–H and O–H groups in total. The molecule has 1 aromatic rings. The van der Waals surface area contributed by atoms with E-state index < -0.39 is 0 Å². The molecule has 1 amide bonds. The summed E-state index contributed by atoms with van der Waals surface area (Å²) in [6.07, 6.45) is 0.775. The van der Waals surface area contributed by atoms with Gasteiger partial charge in [0, 0.05) is 16.4 Å². The fraction of sp³-hybridized carbons (Fsp3) is 0.333. The van der Waals surface area contributed by atoms with E-state index in [2.05, 4.69) is 11.9 Å². The zero-order chi connectivity index (χ0) is 14.5. The maximum absolute atomic E-state index is 12.1. The standard InChI is InChI=1S/C15H18N2O2S/c1-3-19-13(16)12-9-10(2)20-15(12)17-14(18)11-7-5-4-6-8-11/h4-8,10H,3,9,16H2,1-2H3/b13-12+,17-15?. The molecule has 1 aromatic carbocycles. The van der Waals surface area contributed by atoms with Crippen LogP contribution < -0.4 is 5.73 Å². The summed E-state index contributed by atoms with van der Waals surface area (Å²) < 4.78 is 5.34. The lowest BCUT2D eigenvalue weighted by atomic mass is 10.1. The highest BCUT2D eigenvalue weighted by atomic mass is 32.2. The minimum absolute atomic E-state index is 0.246. The number of ether oxygens (including phenoxy) is 1. The van der Waals surface area contributed by atoms with Gasteiger partial charge in [0.15, 0.2) is 5.88 Å². The number of hydrogen-bond acceptors (Lipinski definition) is 4. The number of rotatable bonds is 3. The molecule has 0 aliphatic carbocycles. The fourth-order valence-corrected chi connectivity index (χ4v) is 3.05. The Morgan fingerprint density at radius 3 is 2.80 bits per heavy atom. The van der Waals surface area contributed by atoms with Crippen molar-refractivity contribution in [3.05, 3.63) is 47.4 Å². The molecule has 2 rings (SSSR count). The summed E-state index contributed by atoms with van der Waals surface area (Å²) in [5, 5.41) is 1.03. The van der Waals surface area contributed by atoms with E-state index in [1.807, 2.05) is 25.1 Å². The number of thioether (sulfide) groups is 1. The fourth-order valence-electron chi connectivity index (χ4n) is 1.96. The molecule has 1 unspecified atom stereocenters. The first-order valence-electron chi connectivity index (χ1n) is 6.58. The predicted octanol–water partition coefficient (Wildman–Crippen LogP) is 2.96. The molecular formula is C15H18N2O2S. The second kappa shape index (κ2) is 6.61. The summed E-state index contributed by atoms with van der Waals surface area (Å²) in [5.41, 5.74) is 7.33. The molecule has 1 atom stereocenters. The lowest BCUT2D eigenvalue weighted by Crippen LogP contribution is -2.10. The van der Waals surface area contributed by atoms with Gasteiger partial charge in [0.05, 0.1) is 6.61 Å². The topological polar surface area (TPSA) is 64.7 Å². The highest BCUT2D eigenvalue weighted by Crippen LogP contribution is 2.34. The van der Waals surface area contributed by atoms with Gasteiger partial charge in [-0.3, -0.25) is 4.79 Å². The number of hydrogen-bond donors (Lipinski definition) is 1. The van der Waals surface area contributed by atoms with E-state index in [1.165, 1.54) is 0 Å². The van der Waals surface area contributed by atoms with Gasteiger partial charge in [-0.2, -0.15) is 0 Å². The van der Waals surface area contributed by atoms with Gasteiger partial charge >= 0.3 is 0 Å². The predicted molar refractivity (Wildman–Crippen MR) is 82.7 cm³/mol. The number of benzene rings is 1. The van der Waals surface area contributed by atoms with Crippen LogP contribution >= 0.6 is 11.8 Å². The van der Waals surface area contributed by atoms with Crippen LogP contribution in [0.2, 0.25) is 0 Å². The van der Waals surface area contributed by atoms with E-state index >= 15 is 0 Å². The van der Waals surface area contributed by atoms with E-state index in [-0.39, 0.29) is 5.91 Å². The van der Waals surface area contributed by atoms with Crippen molar-refractivity contribution < 1.29 is 9.53 Å². The Balaban J connectivity index is 2.28. The molecule has 1 saturated heterocycles. The van der Waals surface area contributed by atoms with E-state index in [0.29, 0.717) is 28.3 Å². The van der Waals surface area contributed by atoms with Gasteiger partial charge in [-0.25, -0.2) is 4.99 Å². The van der Waals surface area contributed by atoms with Crippen LogP contribution in [0.15, 0.2) is 46.8 Å². The van der Waals surface area contributed by atoms with Crippen molar-refractivity contribution in [1.82, 2.24) is 0 Å². The summed E-state index contributed by atoms with van der Waals surface area (Å²) in [4.78, 5) is 16.3. The van der Waals surface area contributed by atoms with Crippen LogP contribution in [-0.4, -0.2) is 22.8 Å². The number of nitrogens with two attached hydrogens (primary N) is 1. The van der Waals surface area contributed by atoms with Crippen molar-refractivity contribution in [2.45, 2.75) is 25.5 Å². The first-order chi connectivity index (χ1) is 9.61. The van der Waals surface area contributed by atoms with E-state index in [9.17, 15) is 4.79 Å². The second-order valence-electron chi connectivity index (χ2n) is 4.50. The molecule has 106 valence electrons. The Bertz CT molecular complexity index is 552. The first-order valence-corrected chi connectivity index (χ1v) is 7.46. The average molecular weight is 290 g/mol. The van der Waals surface area contributed by atoms with Crippen LogP contribution in [0.3, 0.4) is 0 Å². The van der Waals surface area contributed by atoms with Gasteiger partial charge in [0.25, 0.3) is 5.91 Å². The maximum atomic E-state index is 12.1. The average Bonchev–Trinajstić information content (AvgIpc) is 2.81. The zero-order valence-electron chi connectivity index (χ0n) is 11.6. The van der Waals surface area contributed by atoms with E-state index in [0.717, 1.165) is 12.0 Å². The minimum Gasteiger partial charge on any atom is -0.479 e. The Morgan fingerprint density at radius 1 is 1.45 bits per heavy atom. The molecule has 0 aromatic heterocycles. The molecule has 20 heavy (non-hydrogen) atoms. The molecular weight excluding hydrogens is 272 g/mol. The number of amides is 1.